The Morgan fingerprint density at radius 3 is 2.52 bits per heavy atom. The highest BCUT2D eigenvalue weighted by molar-refractivity contribution is 7.92. The van der Waals surface area contributed by atoms with Gasteiger partial charge in [0.1, 0.15) is 9.79 Å². The topological polar surface area (TPSA) is 242 Å². The van der Waals surface area contributed by atoms with Gasteiger partial charge in [-0.25, -0.2) is 31.7 Å². The van der Waals surface area contributed by atoms with E-state index in [9.17, 15) is 16.8 Å². The second-order valence-corrected chi connectivity index (χ2v) is 10.5. The Hall–Kier alpha value is -3.44. The highest BCUT2D eigenvalue weighted by Gasteiger charge is 2.32. The standard InChI is InChI=1S/C17H20N10O4S2/c1-8(18)7-21-33(30,31)12-6-5-9(10-3-2-4-11-14(10)23-17(19)22-11)13(15(12)32(20,28)29)16-24-26-27-25-16/h2-6,8,21H,7,18H2,1H3,(H3,19,22,23)(H2,20,28,29)(H,24,25,26,27)/t8-/m1/s1. The zero-order valence-electron chi connectivity index (χ0n) is 17.1. The number of nitrogens with zero attached hydrogens (tertiary/aromatic N) is 4. The largest absolute Gasteiger partial charge is 0.369 e. The fraction of sp³-hybridized carbons (Fsp3) is 0.176. The molecule has 2 aromatic heterocycles. The first-order valence-corrected chi connectivity index (χ1v) is 12.5. The smallest absolute Gasteiger partial charge is 0.241 e. The minimum absolute atomic E-state index is 0.127. The number of aromatic amines is 2. The molecular formula is C17H20N10O4S2. The Balaban J connectivity index is 2.10. The lowest BCUT2D eigenvalue weighted by Gasteiger charge is -2.17. The number of tetrazole rings is 1. The van der Waals surface area contributed by atoms with Crippen molar-refractivity contribution in [2.24, 2.45) is 10.9 Å². The van der Waals surface area contributed by atoms with Gasteiger partial charge in [0.25, 0.3) is 0 Å². The molecule has 0 unspecified atom stereocenters. The third-order valence-corrected chi connectivity index (χ3v) is 7.27. The molecule has 0 aliphatic rings. The van der Waals surface area contributed by atoms with Gasteiger partial charge in [0.05, 0.1) is 16.6 Å². The third kappa shape index (κ3) is 4.29. The Morgan fingerprint density at radius 1 is 1.12 bits per heavy atom. The van der Waals surface area contributed by atoms with Crippen LogP contribution in [-0.2, 0) is 20.0 Å². The predicted octanol–water partition coefficient (Wildman–Crippen LogP) is -0.735. The van der Waals surface area contributed by atoms with Crippen molar-refractivity contribution < 1.29 is 16.8 Å². The van der Waals surface area contributed by atoms with Crippen molar-refractivity contribution in [3.05, 3.63) is 30.3 Å². The van der Waals surface area contributed by atoms with E-state index in [2.05, 4.69) is 35.3 Å². The van der Waals surface area contributed by atoms with E-state index < -0.39 is 35.9 Å². The Kier molecular flexibility index (Phi) is 5.62. The van der Waals surface area contributed by atoms with Crippen LogP contribution in [0, 0.1) is 0 Å². The molecule has 0 aliphatic carbocycles. The molecule has 9 N–H and O–H groups in total. The molecule has 4 rings (SSSR count). The number of imidazole rings is 1. The lowest BCUT2D eigenvalue weighted by atomic mass is 9.98. The molecule has 0 saturated heterocycles. The number of para-hydroxylation sites is 1. The van der Waals surface area contributed by atoms with Gasteiger partial charge in [-0.15, -0.1) is 10.2 Å². The summed E-state index contributed by atoms with van der Waals surface area (Å²) in [6.07, 6.45) is 0. The minimum atomic E-state index is -4.62. The van der Waals surface area contributed by atoms with E-state index in [-0.39, 0.29) is 29.4 Å². The lowest BCUT2D eigenvalue weighted by molar-refractivity contribution is 0.567. The molecule has 4 aromatic rings. The van der Waals surface area contributed by atoms with E-state index in [0.717, 1.165) is 6.07 Å². The van der Waals surface area contributed by atoms with E-state index in [4.69, 9.17) is 16.6 Å². The summed E-state index contributed by atoms with van der Waals surface area (Å²) in [5.41, 5.74) is 13.0. The van der Waals surface area contributed by atoms with Crippen LogP contribution >= 0.6 is 0 Å². The fourth-order valence-corrected chi connectivity index (χ4v) is 6.10. The molecule has 0 radical (unpaired) electrons. The van der Waals surface area contributed by atoms with Crippen molar-refractivity contribution in [2.75, 3.05) is 12.3 Å². The van der Waals surface area contributed by atoms with Crippen molar-refractivity contribution in [1.29, 1.82) is 0 Å². The number of rotatable bonds is 7. The molecule has 14 nitrogen and oxygen atoms in total. The average molecular weight is 493 g/mol. The molecule has 174 valence electrons. The number of nitrogen functional groups attached to an aromatic ring is 1. The Bertz CT molecular complexity index is 1540. The molecule has 0 aliphatic heterocycles. The molecule has 1 atom stereocenters. The maximum atomic E-state index is 13.0. The van der Waals surface area contributed by atoms with Crippen LogP contribution in [0.2, 0.25) is 0 Å². The number of fused-ring (bicyclic) bond motifs is 1. The second-order valence-electron chi connectivity index (χ2n) is 7.25. The van der Waals surface area contributed by atoms with E-state index in [1.54, 1.807) is 25.1 Å². The molecule has 0 fully saturated rings. The summed E-state index contributed by atoms with van der Waals surface area (Å²) in [7, 11) is -8.95. The van der Waals surface area contributed by atoms with Gasteiger partial charge < -0.3 is 16.5 Å². The lowest BCUT2D eigenvalue weighted by Crippen LogP contribution is -2.36. The van der Waals surface area contributed by atoms with E-state index in [1.165, 1.54) is 6.07 Å². The molecule has 0 spiro atoms. The summed E-state index contributed by atoms with van der Waals surface area (Å²) < 4.78 is 53.8. The first-order valence-electron chi connectivity index (χ1n) is 9.42. The first kappa shape index (κ1) is 22.7. The van der Waals surface area contributed by atoms with Crippen molar-refractivity contribution in [2.45, 2.75) is 22.8 Å². The zero-order valence-corrected chi connectivity index (χ0v) is 18.8. The SMILES string of the molecule is C[C@@H](N)CNS(=O)(=O)c1ccc(-c2cccc3[nH]c(N)nc23)c(-c2nn[nH]n2)c1S(N)(=O)=O. The summed E-state index contributed by atoms with van der Waals surface area (Å²) >= 11 is 0. The van der Waals surface area contributed by atoms with Crippen molar-refractivity contribution in [3.63, 3.8) is 0 Å². The van der Waals surface area contributed by atoms with Gasteiger partial charge >= 0.3 is 0 Å². The Morgan fingerprint density at radius 2 is 1.88 bits per heavy atom. The van der Waals surface area contributed by atoms with Gasteiger partial charge in [0.15, 0.2) is 5.95 Å². The Labute approximate surface area is 188 Å². The maximum Gasteiger partial charge on any atom is 0.241 e. The first-order chi connectivity index (χ1) is 15.5. The number of anilines is 1. The predicted molar refractivity (Wildman–Crippen MR) is 119 cm³/mol. The minimum Gasteiger partial charge on any atom is -0.369 e. The van der Waals surface area contributed by atoms with Gasteiger partial charge in [-0.05, 0) is 29.8 Å². The van der Waals surface area contributed by atoms with Gasteiger partial charge in [-0.3, -0.25) is 0 Å². The van der Waals surface area contributed by atoms with Crippen molar-refractivity contribution in [3.8, 4) is 22.5 Å². The zero-order chi connectivity index (χ0) is 24.0. The highest BCUT2D eigenvalue weighted by Crippen LogP contribution is 2.40. The van der Waals surface area contributed by atoms with Crippen LogP contribution in [-0.4, -0.2) is 60.0 Å². The molecule has 16 heteroatoms. The van der Waals surface area contributed by atoms with Crippen LogP contribution in [0.1, 0.15) is 6.92 Å². The van der Waals surface area contributed by atoms with Crippen LogP contribution < -0.4 is 21.3 Å². The summed E-state index contributed by atoms with van der Waals surface area (Å²) in [5, 5.41) is 19.0. The molecular weight excluding hydrogens is 472 g/mol. The number of sulfonamides is 2. The van der Waals surface area contributed by atoms with Crippen LogP contribution in [0.15, 0.2) is 40.1 Å². The molecule has 0 saturated carbocycles. The molecule has 0 bridgehead atoms. The summed E-state index contributed by atoms with van der Waals surface area (Å²) in [5.74, 6) is -0.0386. The number of nitrogens with one attached hydrogen (secondary N) is 3. The highest BCUT2D eigenvalue weighted by atomic mass is 32.2. The summed E-state index contributed by atoms with van der Waals surface area (Å²) in [6, 6.07) is 7.12. The van der Waals surface area contributed by atoms with Crippen LogP contribution in [0.3, 0.4) is 0 Å². The third-order valence-electron chi connectivity index (χ3n) is 4.68. The normalized spacial score (nSPS) is 13.4. The van der Waals surface area contributed by atoms with Crippen LogP contribution in [0.4, 0.5) is 5.95 Å². The van der Waals surface area contributed by atoms with Crippen LogP contribution in [0.5, 0.6) is 0 Å². The average Bonchev–Trinajstić information content (AvgIpc) is 3.39. The van der Waals surface area contributed by atoms with E-state index >= 15 is 0 Å². The number of benzene rings is 2. The maximum absolute atomic E-state index is 13.0. The molecule has 0 amide bonds. The van der Waals surface area contributed by atoms with Crippen molar-refractivity contribution in [1.82, 2.24) is 35.3 Å². The number of hydrogen-bond donors (Lipinski definition) is 6. The van der Waals surface area contributed by atoms with Gasteiger partial charge in [0.2, 0.25) is 25.9 Å². The number of primary sulfonamides is 1. The number of nitrogens with two attached hydrogens (primary N) is 3. The number of aromatic nitrogens is 6. The van der Waals surface area contributed by atoms with Gasteiger partial charge in [0, 0.05) is 18.2 Å². The van der Waals surface area contributed by atoms with Crippen LogP contribution in [0.25, 0.3) is 33.5 Å². The molecule has 2 aromatic carbocycles. The van der Waals surface area contributed by atoms with Crippen molar-refractivity contribution >= 4 is 37.0 Å². The fourth-order valence-electron chi connectivity index (χ4n) is 3.36. The van der Waals surface area contributed by atoms with Gasteiger partial charge in [-0.2, -0.15) is 5.21 Å². The molecule has 2 heterocycles. The number of hydrogen-bond acceptors (Lipinski definition) is 10. The van der Waals surface area contributed by atoms with Gasteiger partial charge in [-0.1, -0.05) is 18.2 Å². The number of H-pyrrole nitrogens is 2. The quantitative estimate of drug-likeness (QED) is 0.189. The monoisotopic (exact) mass is 492 g/mol. The summed E-state index contributed by atoms with van der Waals surface area (Å²) in [6.45, 7) is 1.46. The second kappa shape index (κ2) is 8.16. The van der Waals surface area contributed by atoms with E-state index in [0.29, 0.717) is 16.6 Å². The summed E-state index contributed by atoms with van der Waals surface area (Å²) in [4.78, 5) is 5.87. The molecule has 33 heavy (non-hydrogen) atoms. The van der Waals surface area contributed by atoms with E-state index in [1.807, 2.05) is 0 Å².